The molecule has 0 radical (unpaired) electrons. The maximum absolute atomic E-state index is 12.1. The van der Waals surface area contributed by atoms with E-state index in [2.05, 4.69) is 4.18 Å². The number of carboxylic acids is 1. The summed E-state index contributed by atoms with van der Waals surface area (Å²) in [6.07, 6.45) is -19.0. The molecule has 2 aliphatic heterocycles. The van der Waals surface area contributed by atoms with Gasteiger partial charge in [0.25, 0.3) is 0 Å². The first-order valence-corrected chi connectivity index (χ1v) is 15.1. The molecule has 10 atom stereocenters. The molecule has 8 N–H and O–H groups in total. The van der Waals surface area contributed by atoms with Crippen LogP contribution in [-0.2, 0) is 43.9 Å². The molecule has 22 heteroatoms. The highest BCUT2D eigenvalue weighted by molar-refractivity contribution is 7.83. The molecule has 0 saturated carbocycles. The number of aliphatic carboxylic acids is 1. The fourth-order valence-electron chi connectivity index (χ4n) is 4.59. The molecule has 1 aromatic heterocycles. The Hall–Kier alpha value is -2.84. The van der Waals surface area contributed by atoms with Gasteiger partial charge in [0.05, 0.1) is 6.61 Å². The molecule has 2 fully saturated rings. The van der Waals surface area contributed by atoms with Gasteiger partial charge in [0.15, 0.2) is 12.4 Å². The number of aliphatic hydroxyl groups is 4. The van der Waals surface area contributed by atoms with Crippen molar-refractivity contribution in [1.29, 1.82) is 0 Å². The summed E-state index contributed by atoms with van der Waals surface area (Å²) in [5, 5.41) is 52.7. The number of hydrogen-bond acceptors (Lipinski definition) is 16. The van der Waals surface area contributed by atoms with Crippen molar-refractivity contribution in [3.63, 3.8) is 0 Å². The van der Waals surface area contributed by atoms with Crippen molar-refractivity contribution in [1.82, 2.24) is 4.72 Å². The van der Waals surface area contributed by atoms with Crippen molar-refractivity contribution < 1.29 is 83.8 Å². The molecular formula is C22H27NO19S2. The number of aryl methyl sites for hydroxylation is 1. The number of carboxylic acid groups (broad SMARTS) is 1. The van der Waals surface area contributed by atoms with Gasteiger partial charge in [-0.25, -0.2) is 13.8 Å². The molecule has 0 bridgehead atoms. The van der Waals surface area contributed by atoms with Crippen molar-refractivity contribution in [2.24, 2.45) is 0 Å². The molecule has 246 valence electrons. The molecule has 2 aliphatic rings. The third-order valence-electron chi connectivity index (χ3n) is 6.62. The number of fused-ring (bicyclic) bond motifs is 1. The van der Waals surface area contributed by atoms with Crippen molar-refractivity contribution >= 4 is 37.6 Å². The number of benzene rings is 1. The van der Waals surface area contributed by atoms with E-state index in [-0.39, 0.29) is 11.3 Å². The minimum Gasteiger partial charge on any atom is -0.479 e. The lowest BCUT2D eigenvalue weighted by Crippen LogP contribution is -2.68. The molecular weight excluding hydrogens is 646 g/mol. The van der Waals surface area contributed by atoms with Crippen molar-refractivity contribution in [3.8, 4) is 5.75 Å². The van der Waals surface area contributed by atoms with Crippen LogP contribution in [0.5, 0.6) is 5.75 Å². The average Bonchev–Trinajstić information content (AvgIpc) is 2.89. The third kappa shape index (κ3) is 7.86. The Morgan fingerprint density at radius 3 is 2.25 bits per heavy atom. The zero-order valence-electron chi connectivity index (χ0n) is 22.1. The van der Waals surface area contributed by atoms with Gasteiger partial charge < -0.3 is 48.9 Å². The van der Waals surface area contributed by atoms with E-state index in [0.29, 0.717) is 10.9 Å². The van der Waals surface area contributed by atoms with Crippen LogP contribution in [0.1, 0.15) is 5.56 Å². The second-order valence-electron chi connectivity index (χ2n) is 9.72. The van der Waals surface area contributed by atoms with Gasteiger partial charge in [0.1, 0.15) is 54.0 Å². The number of nitrogens with one attached hydrogen (secondary N) is 1. The Balaban J connectivity index is 1.59. The van der Waals surface area contributed by atoms with Gasteiger partial charge in [0, 0.05) is 17.5 Å². The molecule has 0 spiro atoms. The van der Waals surface area contributed by atoms with Crippen LogP contribution >= 0.6 is 0 Å². The second-order valence-corrected chi connectivity index (χ2v) is 12.0. The molecule has 3 heterocycles. The Morgan fingerprint density at radius 1 is 0.955 bits per heavy atom. The highest BCUT2D eigenvalue weighted by Crippen LogP contribution is 2.32. The number of ether oxygens (including phenoxy) is 4. The fourth-order valence-corrected chi connectivity index (χ4v) is 5.49. The van der Waals surface area contributed by atoms with Crippen LogP contribution in [0.4, 0.5) is 0 Å². The Bertz CT molecular complexity index is 1640. The maximum Gasteiger partial charge on any atom is 0.397 e. The van der Waals surface area contributed by atoms with Crippen LogP contribution in [0, 0.1) is 6.92 Å². The van der Waals surface area contributed by atoms with E-state index in [9.17, 15) is 56.5 Å². The maximum atomic E-state index is 12.1. The van der Waals surface area contributed by atoms with Crippen LogP contribution in [-0.4, -0.2) is 125 Å². The molecule has 4 rings (SSSR count). The zero-order valence-corrected chi connectivity index (χ0v) is 23.8. The predicted molar refractivity (Wildman–Crippen MR) is 138 cm³/mol. The van der Waals surface area contributed by atoms with Crippen LogP contribution in [0.2, 0.25) is 0 Å². The number of hydrogen-bond donors (Lipinski definition) is 8. The molecule has 2 saturated heterocycles. The van der Waals surface area contributed by atoms with Crippen LogP contribution < -0.4 is 15.1 Å². The molecule has 0 amide bonds. The topological polar surface area (TPSA) is 315 Å². The van der Waals surface area contributed by atoms with E-state index in [4.69, 9.17) is 27.9 Å². The van der Waals surface area contributed by atoms with Gasteiger partial charge in [-0.15, -0.1) is 0 Å². The summed E-state index contributed by atoms with van der Waals surface area (Å²) < 4.78 is 95.2. The fraction of sp³-hybridized carbons (Fsp3) is 0.545. The monoisotopic (exact) mass is 673 g/mol. The van der Waals surface area contributed by atoms with E-state index in [0.717, 1.165) is 0 Å². The van der Waals surface area contributed by atoms with Crippen LogP contribution in [0.15, 0.2) is 33.5 Å². The molecule has 0 aliphatic carbocycles. The third-order valence-corrected chi connectivity index (χ3v) is 7.63. The van der Waals surface area contributed by atoms with Gasteiger partial charge in [-0.2, -0.15) is 21.6 Å². The van der Waals surface area contributed by atoms with Gasteiger partial charge in [-0.3, -0.25) is 9.11 Å². The lowest BCUT2D eigenvalue weighted by molar-refractivity contribution is -0.331. The first-order chi connectivity index (χ1) is 20.3. The molecule has 20 nitrogen and oxygen atoms in total. The zero-order chi connectivity index (χ0) is 32.7. The number of aliphatic hydroxyl groups excluding tert-OH is 4. The van der Waals surface area contributed by atoms with Gasteiger partial charge in [-0.05, 0) is 24.6 Å². The summed E-state index contributed by atoms with van der Waals surface area (Å²) in [5.41, 5.74) is -0.0118. The smallest absolute Gasteiger partial charge is 0.397 e. The van der Waals surface area contributed by atoms with E-state index < -0.39 is 100 Å². The second kappa shape index (κ2) is 12.9. The van der Waals surface area contributed by atoms with E-state index >= 15 is 0 Å². The van der Waals surface area contributed by atoms with Gasteiger partial charge in [0.2, 0.25) is 6.29 Å². The summed E-state index contributed by atoms with van der Waals surface area (Å²) in [4.78, 5) is 23.8. The van der Waals surface area contributed by atoms with E-state index in [1.807, 2.05) is 0 Å². The molecule has 0 unspecified atom stereocenters. The normalized spacial score (nSPS) is 33.2. The standard InChI is InChI=1S/C22H27NO19S2/c1-7-4-12(24)39-10-5-8(2-3-9(7)10)38-22-17(28)16(27)18(19(42-22)20(29)30)41-21-13(23-43(31,32)33)15(26)14(25)11(40-21)6-37-44(34,35)36/h2-5,11,13-19,21-23,25-28H,6H2,1H3,(H,29,30)(H,31,32,33)(H,34,35,36)/t11-,13-,14-,15-,16-,17-,18+,19+,21-,22-/m1/s1. The summed E-state index contributed by atoms with van der Waals surface area (Å²) in [5.74, 6) is -1.89. The number of rotatable bonds is 10. The van der Waals surface area contributed by atoms with Crippen molar-refractivity contribution in [3.05, 3.63) is 40.2 Å². The SMILES string of the molecule is Cc1cc(=O)oc2cc(O[C@@H]3O[C@H](C(=O)O)[C@@H](O[C@H]4O[C@H](COS(=O)(=O)O)[C@@H](O)[C@H](O)[C@H]4NS(=O)(=O)O)[C@H](O)[C@H]3O)ccc12. The summed E-state index contributed by atoms with van der Waals surface area (Å²) in [6.45, 7) is 0.475. The van der Waals surface area contributed by atoms with Gasteiger partial charge in [-0.1, -0.05) is 0 Å². The van der Waals surface area contributed by atoms with E-state index in [1.165, 1.54) is 29.0 Å². The van der Waals surface area contributed by atoms with Crippen molar-refractivity contribution in [2.45, 2.75) is 68.3 Å². The Labute approximate surface area is 247 Å². The Morgan fingerprint density at radius 2 is 1.64 bits per heavy atom. The van der Waals surface area contributed by atoms with E-state index in [1.54, 1.807) is 6.92 Å². The highest BCUT2D eigenvalue weighted by atomic mass is 32.3. The predicted octanol–water partition coefficient (Wildman–Crippen LogP) is -3.58. The minimum atomic E-state index is -5.18. The first kappa shape index (κ1) is 34.0. The summed E-state index contributed by atoms with van der Waals surface area (Å²) >= 11 is 0. The minimum absolute atomic E-state index is 0.0782. The van der Waals surface area contributed by atoms with Crippen LogP contribution in [0.3, 0.4) is 0 Å². The molecule has 1 aromatic carbocycles. The quantitative estimate of drug-likeness (QED) is 0.0893. The molecule has 2 aromatic rings. The highest BCUT2D eigenvalue weighted by Gasteiger charge is 2.54. The summed E-state index contributed by atoms with van der Waals surface area (Å²) in [6, 6.07) is 3.23. The first-order valence-electron chi connectivity index (χ1n) is 12.3. The largest absolute Gasteiger partial charge is 0.479 e. The molecule has 44 heavy (non-hydrogen) atoms. The van der Waals surface area contributed by atoms with Gasteiger partial charge >= 0.3 is 32.3 Å². The Kier molecular flexibility index (Phi) is 9.96. The lowest BCUT2D eigenvalue weighted by atomic mass is 9.96. The summed E-state index contributed by atoms with van der Waals surface area (Å²) in [7, 11) is -10.3. The average molecular weight is 674 g/mol. The van der Waals surface area contributed by atoms with Crippen molar-refractivity contribution in [2.75, 3.05) is 6.61 Å². The number of carbonyl (C=O) groups is 1. The van der Waals surface area contributed by atoms with Crippen LogP contribution in [0.25, 0.3) is 11.0 Å². The lowest BCUT2D eigenvalue weighted by Gasteiger charge is -2.46.